The van der Waals surface area contributed by atoms with Crippen LogP contribution in [0.15, 0.2) is 170 Å². The number of rotatable bonds is 6. The molecule has 2 N–H and O–H groups in total. The second-order valence-electron chi connectivity index (χ2n) is 14.8. The van der Waals surface area contributed by atoms with Crippen molar-refractivity contribution in [2.75, 3.05) is 0 Å². The molecule has 2 atom stereocenters. The number of aromatic nitrogens is 3. The van der Waals surface area contributed by atoms with Crippen molar-refractivity contribution in [2.24, 2.45) is 0 Å². The van der Waals surface area contributed by atoms with Gasteiger partial charge >= 0.3 is 0 Å². The maximum absolute atomic E-state index is 5.49. The van der Waals surface area contributed by atoms with Gasteiger partial charge in [0.2, 0.25) is 0 Å². The molecule has 0 fully saturated rings. The summed E-state index contributed by atoms with van der Waals surface area (Å²) in [6.07, 6.45) is 3.89. The number of para-hydroxylation sites is 1. The fraction of sp³-hybridized carbons (Fsp3) is 0.100. The Kier molecular flexibility index (Phi) is 8.15. The molecule has 3 aromatic heterocycles. The van der Waals surface area contributed by atoms with Crippen molar-refractivity contribution in [3.8, 4) is 22.4 Å². The lowest BCUT2D eigenvalue weighted by molar-refractivity contribution is 0.434. The van der Waals surface area contributed by atoms with Crippen LogP contribution in [0.4, 0.5) is 0 Å². The molecule has 0 bridgehead atoms. The van der Waals surface area contributed by atoms with Crippen LogP contribution in [-0.4, -0.2) is 15.0 Å². The molecule has 9 aromatic rings. The minimum absolute atomic E-state index is 0.0459. The van der Waals surface area contributed by atoms with Crippen molar-refractivity contribution in [3.63, 3.8) is 0 Å². The van der Waals surface area contributed by atoms with Crippen molar-refractivity contribution in [2.45, 2.75) is 32.0 Å². The van der Waals surface area contributed by atoms with Crippen LogP contribution in [0.5, 0.6) is 0 Å². The van der Waals surface area contributed by atoms with Crippen molar-refractivity contribution < 1.29 is 0 Å². The van der Waals surface area contributed by atoms with E-state index in [2.05, 4.69) is 182 Å². The largest absolute Gasteiger partial charge is 0.364 e. The molecule has 0 amide bonds. The van der Waals surface area contributed by atoms with Gasteiger partial charge in [-0.2, -0.15) is 0 Å². The molecule has 0 spiro atoms. The normalized spacial score (nSPS) is 15.8. The first kappa shape index (κ1) is 32.9. The van der Waals surface area contributed by atoms with E-state index >= 15 is 0 Å². The molecule has 0 aliphatic carbocycles. The van der Waals surface area contributed by atoms with Crippen LogP contribution in [0.3, 0.4) is 0 Å². The van der Waals surface area contributed by atoms with E-state index in [0.29, 0.717) is 0 Å². The lowest BCUT2D eigenvalue weighted by atomic mass is 9.94. The van der Waals surface area contributed by atoms with Crippen molar-refractivity contribution >= 4 is 49.2 Å². The van der Waals surface area contributed by atoms with Gasteiger partial charge in [-0.05, 0) is 75.4 Å². The van der Waals surface area contributed by atoms with Crippen LogP contribution in [0, 0.1) is 0 Å². The number of benzene rings is 6. The number of nitrogens with one attached hydrogen (secondary N) is 2. The Morgan fingerprint density at radius 3 is 2.18 bits per heavy atom. The van der Waals surface area contributed by atoms with Gasteiger partial charge in [-0.3, -0.25) is 10.3 Å². The zero-order valence-corrected chi connectivity index (χ0v) is 30.7. The number of pyridine rings is 3. The van der Waals surface area contributed by atoms with Gasteiger partial charge < -0.3 is 5.32 Å². The van der Waals surface area contributed by atoms with E-state index in [1.165, 1.54) is 21.9 Å². The standard InChI is InChI=1S/C50H39N5/c1-31(2)42-29-46(53-49-41(42)24-22-35-23-25-43(52-48(35)49)39-21-20-32-11-6-7-14-36(32)27-39)50-54-44(33-12-4-3-5-13-33)30-45(55-50)38-17-8-16-37(28-38)40-19-9-15-34-18-10-26-51-47(34)40/h3-31,44,50,54-55H,1-2H3. The molecule has 264 valence electrons. The molecule has 0 saturated carbocycles. The molecule has 55 heavy (non-hydrogen) atoms. The molecule has 10 rings (SSSR count). The summed E-state index contributed by atoms with van der Waals surface area (Å²) in [5.41, 5.74) is 12.6. The Balaban J connectivity index is 1.10. The predicted molar refractivity (Wildman–Crippen MR) is 227 cm³/mol. The Morgan fingerprint density at radius 2 is 1.29 bits per heavy atom. The summed E-state index contributed by atoms with van der Waals surface area (Å²) >= 11 is 0. The number of hydrogen-bond acceptors (Lipinski definition) is 5. The van der Waals surface area contributed by atoms with Crippen LogP contribution in [0.2, 0.25) is 0 Å². The summed E-state index contributed by atoms with van der Waals surface area (Å²) in [4.78, 5) is 15.6. The van der Waals surface area contributed by atoms with E-state index in [1.807, 2.05) is 12.3 Å². The molecular weight excluding hydrogens is 671 g/mol. The molecule has 1 aliphatic heterocycles. The molecule has 2 unspecified atom stereocenters. The first-order valence-electron chi connectivity index (χ1n) is 19.0. The van der Waals surface area contributed by atoms with Crippen LogP contribution in [-0.2, 0) is 0 Å². The van der Waals surface area contributed by atoms with Gasteiger partial charge in [-0.25, -0.2) is 9.97 Å². The summed E-state index contributed by atoms with van der Waals surface area (Å²) in [5.74, 6) is 0.278. The highest BCUT2D eigenvalue weighted by Crippen LogP contribution is 2.36. The van der Waals surface area contributed by atoms with Gasteiger partial charge in [0.15, 0.2) is 0 Å². The predicted octanol–water partition coefficient (Wildman–Crippen LogP) is 11.9. The Bertz CT molecular complexity index is 2930. The Morgan fingerprint density at radius 1 is 0.545 bits per heavy atom. The van der Waals surface area contributed by atoms with Gasteiger partial charge in [0.05, 0.1) is 34.0 Å². The highest BCUT2D eigenvalue weighted by atomic mass is 15.2. The summed E-state index contributed by atoms with van der Waals surface area (Å²) in [6.45, 7) is 4.52. The van der Waals surface area contributed by atoms with Gasteiger partial charge in [0.1, 0.15) is 6.17 Å². The van der Waals surface area contributed by atoms with Crippen LogP contribution >= 0.6 is 0 Å². The first-order chi connectivity index (χ1) is 27.1. The summed E-state index contributed by atoms with van der Waals surface area (Å²) in [6, 6.07) is 55.9. The van der Waals surface area contributed by atoms with Crippen LogP contribution in [0.25, 0.3) is 71.6 Å². The van der Waals surface area contributed by atoms with Gasteiger partial charge in [0, 0.05) is 39.2 Å². The lowest BCUT2D eigenvalue weighted by Gasteiger charge is -2.33. The topological polar surface area (TPSA) is 62.7 Å². The maximum Gasteiger partial charge on any atom is 0.121 e. The highest BCUT2D eigenvalue weighted by Gasteiger charge is 2.27. The van der Waals surface area contributed by atoms with E-state index in [9.17, 15) is 0 Å². The summed E-state index contributed by atoms with van der Waals surface area (Å²) in [5, 5.41) is 13.6. The minimum Gasteiger partial charge on any atom is -0.364 e. The third-order valence-corrected chi connectivity index (χ3v) is 10.9. The molecule has 5 heteroatoms. The van der Waals surface area contributed by atoms with Crippen LogP contribution in [0.1, 0.15) is 54.4 Å². The van der Waals surface area contributed by atoms with Gasteiger partial charge in [0.25, 0.3) is 0 Å². The van der Waals surface area contributed by atoms with E-state index in [4.69, 9.17) is 15.0 Å². The fourth-order valence-corrected chi connectivity index (χ4v) is 8.08. The average Bonchev–Trinajstić information content (AvgIpc) is 3.25. The van der Waals surface area contributed by atoms with Crippen molar-refractivity contribution in [1.29, 1.82) is 0 Å². The SMILES string of the molecule is CC(C)c1cc(C2NC(c3cccc(-c4cccc5cccnc45)c3)=CC(c3ccccc3)N2)nc2c1ccc1ccc(-c3ccc4ccccc4c3)nc12. The second-order valence-corrected chi connectivity index (χ2v) is 14.8. The molecule has 0 saturated heterocycles. The average molecular weight is 710 g/mol. The van der Waals surface area contributed by atoms with E-state index in [0.717, 1.165) is 72.0 Å². The monoisotopic (exact) mass is 709 g/mol. The fourth-order valence-electron chi connectivity index (χ4n) is 8.08. The van der Waals surface area contributed by atoms with Gasteiger partial charge in [-0.15, -0.1) is 0 Å². The zero-order valence-electron chi connectivity index (χ0n) is 30.7. The van der Waals surface area contributed by atoms with Crippen molar-refractivity contribution in [1.82, 2.24) is 25.6 Å². The lowest BCUT2D eigenvalue weighted by Crippen LogP contribution is -2.40. The van der Waals surface area contributed by atoms with E-state index in [1.54, 1.807) is 0 Å². The zero-order chi connectivity index (χ0) is 36.9. The number of fused-ring (bicyclic) bond motifs is 5. The maximum atomic E-state index is 5.49. The summed E-state index contributed by atoms with van der Waals surface area (Å²) < 4.78 is 0. The van der Waals surface area contributed by atoms with Crippen molar-refractivity contribution in [3.05, 3.63) is 192 Å². The van der Waals surface area contributed by atoms with E-state index < -0.39 is 0 Å². The molecule has 4 heterocycles. The number of nitrogens with zero attached hydrogens (tertiary/aromatic N) is 3. The third-order valence-electron chi connectivity index (χ3n) is 10.9. The molecule has 0 radical (unpaired) electrons. The second kappa shape index (κ2) is 13.6. The molecule has 1 aliphatic rings. The molecule has 5 nitrogen and oxygen atoms in total. The molecular formula is C50H39N5. The number of hydrogen-bond donors (Lipinski definition) is 2. The van der Waals surface area contributed by atoms with E-state index in [-0.39, 0.29) is 18.1 Å². The molecule has 6 aromatic carbocycles. The van der Waals surface area contributed by atoms with Gasteiger partial charge in [-0.1, -0.05) is 141 Å². The van der Waals surface area contributed by atoms with Crippen LogP contribution < -0.4 is 10.6 Å². The Labute approximate surface area is 320 Å². The highest BCUT2D eigenvalue weighted by molar-refractivity contribution is 6.05. The summed E-state index contributed by atoms with van der Waals surface area (Å²) in [7, 11) is 0. The minimum atomic E-state index is -0.270. The smallest absolute Gasteiger partial charge is 0.121 e. The first-order valence-corrected chi connectivity index (χ1v) is 19.0. The quantitative estimate of drug-likeness (QED) is 0.168. The Hall–Kier alpha value is -6.69. The third kappa shape index (κ3) is 6.09.